The van der Waals surface area contributed by atoms with Gasteiger partial charge in [-0.3, -0.25) is 0 Å². The molecule has 3 heteroatoms. The SMILES string of the molecule is COc1cc(C#Cc2cc(F)c(C)c(F)c2)ccc1C#Cc1ccc(C)cc1. The van der Waals surface area contributed by atoms with E-state index in [0.717, 1.165) is 11.1 Å². The van der Waals surface area contributed by atoms with Crippen LogP contribution in [0.4, 0.5) is 8.78 Å². The molecule has 0 spiro atoms. The van der Waals surface area contributed by atoms with Crippen LogP contribution in [0.25, 0.3) is 0 Å². The Balaban J connectivity index is 1.88. The molecule has 0 saturated heterocycles. The molecule has 0 atom stereocenters. The fraction of sp³-hybridized carbons (Fsp3) is 0.120. The summed E-state index contributed by atoms with van der Waals surface area (Å²) in [6.45, 7) is 3.42. The largest absolute Gasteiger partial charge is 0.495 e. The molecular weight excluding hydrogens is 354 g/mol. The van der Waals surface area contributed by atoms with Crippen molar-refractivity contribution in [2.24, 2.45) is 0 Å². The topological polar surface area (TPSA) is 9.23 Å². The molecule has 3 rings (SSSR count). The molecule has 0 bridgehead atoms. The molecular formula is C25H18F2O. The predicted molar refractivity (Wildman–Crippen MR) is 107 cm³/mol. The highest BCUT2D eigenvalue weighted by atomic mass is 19.1. The zero-order chi connectivity index (χ0) is 20.1. The second-order valence-corrected chi connectivity index (χ2v) is 6.35. The fourth-order valence-electron chi connectivity index (χ4n) is 2.51. The van der Waals surface area contributed by atoms with Crippen LogP contribution in [0.5, 0.6) is 5.75 Å². The second-order valence-electron chi connectivity index (χ2n) is 6.35. The maximum Gasteiger partial charge on any atom is 0.135 e. The first-order valence-electron chi connectivity index (χ1n) is 8.70. The standard InChI is InChI=1S/C25H18F2O/c1-17-4-6-19(7-5-17)10-12-22-13-11-20(16-25(22)28-3)8-9-21-14-23(26)18(2)24(27)15-21/h4-7,11,13-16H,1-3H3. The van der Waals surface area contributed by atoms with Crippen LogP contribution in [0.1, 0.15) is 33.4 Å². The van der Waals surface area contributed by atoms with E-state index < -0.39 is 11.6 Å². The van der Waals surface area contributed by atoms with Crippen molar-refractivity contribution in [1.29, 1.82) is 0 Å². The molecule has 0 unspecified atom stereocenters. The van der Waals surface area contributed by atoms with E-state index in [0.29, 0.717) is 11.3 Å². The lowest BCUT2D eigenvalue weighted by molar-refractivity contribution is 0.413. The van der Waals surface area contributed by atoms with Gasteiger partial charge in [-0.25, -0.2) is 8.78 Å². The quantitative estimate of drug-likeness (QED) is 0.521. The van der Waals surface area contributed by atoms with E-state index in [1.54, 1.807) is 19.2 Å². The molecule has 0 amide bonds. The smallest absolute Gasteiger partial charge is 0.135 e. The highest BCUT2D eigenvalue weighted by Crippen LogP contribution is 2.19. The van der Waals surface area contributed by atoms with E-state index in [1.165, 1.54) is 24.6 Å². The third-order valence-electron chi connectivity index (χ3n) is 4.23. The number of hydrogen-bond donors (Lipinski definition) is 0. The van der Waals surface area contributed by atoms with Gasteiger partial charge in [-0.05, 0) is 56.3 Å². The maximum atomic E-state index is 13.6. The molecule has 0 radical (unpaired) electrons. The van der Waals surface area contributed by atoms with Gasteiger partial charge in [-0.2, -0.15) is 0 Å². The summed E-state index contributed by atoms with van der Waals surface area (Å²) in [7, 11) is 1.56. The highest BCUT2D eigenvalue weighted by molar-refractivity contribution is 5.54. The normalized spacial score (nSPS) is 9.75. The van der Waals surface area contributed by atoms with Gasteiger partial charge < -0.3 is 4.74 Å². The van der Waals surface area contributed by atoms with Crippen LogP contribution in [0.3, 0.4) is 0 Å². The van der Waals surface area contributed by atoms with E-state index in [1.807, 2.05) is 37.3 Å². The Labute approximate surface area is 164 Å². The minimum Gasteiger partial charge on any atom is -0.495 e. The minimum absolute atomic E-state index is 0.0104. The molecule has 0 aliphatic carbocycles. The first kappa shape index (κ1) is 19.2. The van der Waals surface area contributed by atoms with E-state index in [4.69, 9.17) is 4.74 Å². The van der Waals surface area contributed by atoms with E-state index >= 15 is 0 Å². The molecule has 138 valence electrons. The van der Waals surface area contributed by atoms with Gasteiger partial charge in [0.25, 0.3) is 0 Å². The molecule has 0 heterocycles. The average Bonchev–Trinajstić information content (AvgIpc) is 2.70. The van der Waals surface area contributed by atoms with Gasteiger partial charge in [0, 0.05) is 22.3 Å². The van der Waals surface area contributed by atoms with Gasteiger partial charge >= 0.3 is 0 Å². The fourth-order valence-corrected chi connectivity index (χ4v) is 2.51. The lowest BCUT2D eigenvalue weighted by atomic mass is 10.1. The van der Waals surface area contributed by atoms with Gasteiger partial charge in [0.05, 0.1) is 12.7 Å². The average molecular weight is 372 g/mol. The number of halogens is 2. The van der Waals surface area contributed by atoms with Crippen LogP contribution in [0.15, 0.2) is 54.6 Å². The first-order valence-corrected chi connectivity index (χ1v) is 8.70. The van der Waals surface area contributed by atoms with Crippen LogP contribution >= 0.6 is 0 Å². The van der Waals surface area contributed by atoms with Crippen molar-refractivity contribution in [3.63, 3.8) is 0 Å². The summed E-state index contributed by atoms with van der Waals surface area (Å²) < 4.78 is 32.7. The molecule has 3 aromatic carbocycles. The zero-order valence-electron chi connectivity index (χ0n) is 15.9. The Hall–Kier alpha value is -3.56. The minimum atomic E-state index is -0.608. The third kappa shape index (κ3) is 4.58. The van der Waals surface area contributed by atoms with Crippen molar-refractivity contribution in [2.45, 2.75) is 13.8 Å². The maximum absolute atomic E-state index is 13.6. The van der Waals surface area contributed by atoms with E-state index in [-0.39, 0.29) is 11.1 Å². The molecule has 3 aromatic rings. The Morgan fingerprint density at radius 2 is 1.25 bits per heavy atom. The van der Waals surface area contributed by atoms with Crippen molar-refractivity contribution in [2.75, 3.05) is 7.11 Å². The van der Waals surface area contributed by atoms with Crippen LogP contribution in [-0.2, 0) is 0 Å². The van der Waals surface area contributed by atoms with Crippen molar-refractivity contribution in [3.05, 3.63) is 99.6 Å². The summed E-state index contributed by atoms with van der Waals surface area (Å²) in [6, 6.07) is 15.8. The number of methoxy groups -OCH3 is 1. The summed E-state index contributed by atoms with van der Waals surface area (Å²) in [5.74, 6) is 11.3. The lowest BCUT2D eigenvalue weighted by Gasteiger charge is -2.03. The Bertz CT molecular complexity index is 1110. The van der Waals surface area contributed by atoms with Crippen LogP contribution < -0.4 is 4.74 Å². The van der Waals surface area contributed by atoms with Gasteiger partial charge in [0.2, 0.25) is 0 Å². The molecule has 0 N–H and O–H groups in total. The van der Waals surface area contributed by atoms with Gasteiger partial charge in [-0.15, -0.1) is 0 Å². The zero-order valence-corrected chi connectivity index (χ0v) is 15.9. The highest BCUT2D eigenvalue weighted by Gasteiger charge is 2.05. The van der Waals surface area contributed by atoms with Crippen LogP contribution in [0.2, 0.25) is 0 Å². The molecule has 0 aliphatic rings. The molecule has 1 nitrogen and oxygen atoms in total. The van der Waals surface area contributed by atoms with Crippen molar-refractivity contribution >= 4 is 0 Å². The number of aryl methyl sites for hydroxylation is 1. The van der Waals surface area contributed by atoms with E-state index in [9.17, 15) is 8.78 Å². The van der Waals surface area contributed by atoms with Crippen molar-refractivity contribution < 1.29 is 13.5 Å². The molecule has 0 aromatic heterocycles. The molecule has 0 saturated carbocycles. The van der Waals surface area contributed by atoms with Gasteiger partial charge in [0.15, 0.2) is 0 Å². The second kappa shape index (κ2) is 8.42. The van der Waals surface area contributed by atoms with Crippen LogP contribution in [0, 0.1) is 49.2 Å². The van der Waals surface area contributed by atoms with Crippen molar-refractivity contribution in [3.8, 4) is 29.4 Å². The molecule has 0 fully saturated rings. The number of ether oxygens (including phenoxy) is 1. The predicted octanol–water partition coefficient (Wildman–Crippen LogP) is 5.39. The Kier molecular flexibility index (Phi) is 5.78. The van der Waals surface area contributed by atoms with E-state index in [2.05, 4.69) is 23.7 Å². The van der Waals surface area contributed by atoms with Crippen molar-refractivity contribution in [1.82, 2.24) is 0 Å². The first-order chi connectivity index (χ1) is 13.5. The van der Waals surface area contributed by atoms with Gasteiger partial charge in [-0.1, -0.05) is 41.4 Å². The number of rotatable bonds is 1. The third-order valence-corrected chi connectivity index (χ3v) is 4.23. The van der Waals surface area contributed by atoms with Crippen LogP contribution in [-0.4, -0.2) is 7.11 Å². The van der Waals surface area contributed by atoms with Gasteiger partial charge in [0.1, 0.15) is 17.4 Å². The lowest BCUT2D eigenvalue weighted by Crippen LogP contribution is -1.91. The Morgan fingerprint density at radius 1 is 0.679 bits per heavy atom. The summed E-state index contributed by atoms with van der Waals surface area (Å²) in [6.07, 6.45) is 0. The summed E-state index contributed by atoms with van der Waals surface area (Å²) >= 11 is 0. The Morgan fingerprint density at radius 3 is 1.89 bits per heavy atom. The monoisotopic (exact) mass is 372 g/mol. The molecule has 0 aliphatic heterocycles. The number of hydrogen-bond acceptors (Lipinski definition) is 1. The number of benzene rings is 3. The summed E-state index contributed by atoms with van der Waals surface area (Å²) in [4.78, 5) is 0. The summed E-state index contributed by atoms with van der Waals surface area (Å²) in [5, 5.41) is 0. The summed E-state index contributed by atoms with van der Waals surface area (Å²) in [5.41, 5.74) is 3.77. The molecule has 28 heavy (non-hydrogen) atoms.